The standard InChI is InChI=1S/C21H19F2N3/c1-13-2-7-21(26-25-13)15-3-5-17-16(10-15)12-24-9-8-18(17)14-4-6-19(22)20(23)11-14/h2-7,10-11,18,24H,8-9,12H2,1H3. The smallest absolute Gasteiger partial charge is 0.159 e. The van der Waals surface area contributed by atoms with Gasteiger partial charge in [-0.05, 0) is 66.9 Å². The quantitative estimate of drug-likeness (QED) is 0.746. The molecule has 0 fully saturated rings. The molecule has 1 aliphatic heterocycles. The zero-order valence-corrected chi connectivity index (χ0v) is 14.5. The van der Waals surface area contributed by atoms with Crippen molar-refractivity contribution >= 4 is 0 Å². The second kappa shape index (κ2) is 6.92. The Bertz CT molecular complexity index is 938. The van der Waals surface area contributed by atoms with Gasteiger partial charge in [0.1, 0.15) is 0 Å². The molecular formula is C21H19F2N3. The summed E-state index contributed by atoms with van der Waals surface area (Å²) >= 11 is 0. The minimum Gasteiger partial charge on any atom is -0.313 e. The van der Waals surface area contributed by atoms with Crippen molar-refractivity contribution < 1.29 is 8.78 Å². The van der Waals surface area contributed by atoms with Gasteiger partial charge in [0.15, 0.2) is 11.6 Å². The predicted molar refractivity (Wildman–Crippen MR) is 96.7 cm³/mol. The van der Waals surface area contributed by atoms with E-state index >= 15 is 0 Å². The van der Waals surface area contributed by atoms with Crippen LogP contribution in [-0.4, -0.2) is 16.7 Å². The summed E-state index contributed by atoms with van der Waals surface area (Å²) < 4.78 is 27.0. The molecule has 0 saturated carbocycles. The molecule has 1 aromatic heterocycles. The first-order valence-corrected chi connectivity index (χ1v) is 8.71. The van der Waals surface area contributed by atoms with Crippen LogP contribution in [0.5, 0.6) is 0 Å². The molecule has 132 valence electrons. The fraction of sp³-hybridized carbons (Fsp3) is 0.238. The number of aryl methyl sites for hydroxylation is 1. The first kappa shape index (κ1) is 16.8. The molecule has 0 aliphatic carbocycles. The molecular weight excluding hydrogens is 332 g/mol. The van der Waals surface area contributed by atoms with E-state index < -0.39 is 11.6 Å². The van der Waals surface area contributed by atoms with E-state index in [1.165, 1.54) is 12.1 Å². The van der Waals surface area contributed by atoms with E-state index in [-0.39, 0.29) is 5.92 Å². The van der Waals surface area contributed by atoms with Crippen LogP contribution in [0, 0.1) is 18.6 Å². The molecule has 26 heavy (non-hydrogen) atoms. The van der Waals surface area contributed by atoms with Gasteiger partial charge >= 0.3 is 0 Å². The second-order valence-corrected chi connectivity index (χ2v) is 6.67. The van der Waals surface area contributed by atoms with Crippen molar-refractivity contribution in [1.29, 1.82) is 0 Å². The van der Waals surface area contributed by atoms with Crippen molar-refractivity contribution in [2.75, 3.05) is 6.54 Å². The van der Waals surface area contributed by atoms with E-state index in [0.29, 0.717) is 0 Å². The summed E-state index contributed by atoms with van der Waals surface area (Å²) in [6, 6.07) is 14.3. The number of benzene rings is 2. The summed E-state index contributed by atoms with van der Waals surface area (Å²) in [6.45, 7) is 3.46. The molecule has 2 aromatic carbocycles. The van der Waals surface area contributed by atoms with E-state index in [0.717, 1.165) is 53.2 Å². The molecule has 4 rings (SSSR count). The topological polar surface area (TPSA) is 37.8 Å². The van der Waals surface area contributed by atoms with Gasteiger partial charge in [-0.2, -0.15) is 10.2 Å². The van der Waals surface area contributed by atoms with Crippen molar-refractivity contribution in [2.24, 2.45) is 0 Å². The van der Waals surface area contributed by atoms with Crippen LogP contribution in [0.1, 0.15) is 34.7 Å². The van der Waals surface area contributed by atoms with Crippen molar-refractivity contribution in [3.05, 3.63) is 82.5 Å². The third-order valence-electron chi connectivity index (χ3n) is 4.88. The fourth-order valence-electron chi connectivity index (χ4n) is 3.51. The maximum absolute atomic E-state index is 13.7. The van der Waals surface area contributed by atoms with E-state index in [1.54, 1.807) is 6.07 Å². The van der Waals surface area contributed by atoms with Crippen LogP contribution >= 0.6 is 0 Å². The SMILES string of the molecule is Cc1ccc(-c2ccc3c(c2)CNCCC3c2ccc(F)c(F)c2)nn1. The summed E-state index contributed by atoms with van der Waals surface area (Å²) in [6.07, 6.45) is 0.835. The predicted octanol–water partition coefficient (Wildman–Crippen LogP) is 4.36. The minimum atomic E-state index is -0.811. The Morgan fingerprint density at radius 2 is 1.85 bits per heavy atom. The molecule has 1 unspecified atom stereocenters. The Labute approximate surface area is 151 Å². The van der Waals surface area contributed by atoms with Crippen LogP contribution in [0.4, 0.5) is 8.78 Å². The number of rotatable bonds is 2. The summed E-state index contributed by atoms with van der Waals surface area (Å²) in [5.41, 5.74) is 5.80. The molecule has 0 spiro atoms. The minimum absolute atomic E-state index is 0.0354. The zero-order valence-electron chi connectivity index (χ0n) is 14.5. The van der Waals surface area contributed by atoms with E-state index in [4.69, 9.17) is 0 Å². The number of nitrogens with one attached hydrogen (secondary N) is 1. The second-order valence-electron chi connectivity index (χ2n) is 6.67. The van der Waals surface area contributed by atoms with Gasteiger partial charge in [-0.15, -0.1) is 0 Å². The molecule has 0 radical (unpaired) electrons. The lowest BCUT2D eigenvalue weighted by molar-refractivity contribution is 0.505. The van der Waals surface area contributed by atoms with Gasteiger partial charge in [-0.25, -0.2) is 8.78 Å². The van der Waals surface area contributed by atoms with Crippen LogP contribution in [-0.2, 0) is 6.54 Å². The Hall–Kier alpha value is -2.66. The lowest BCUT2D eigenvalue weighted by Gasteiger charge is -2.19. The van der Waals surface area contributed by atoms with Crippen LogP contribution in [0.25, 0.3) is 11.3 Å². The van der Waals surface area contributed by atoms with Crippen LogP contribution in [0.2, 0.25) is 0 Å². The Balaban J connectivity index is 1.75. The molecule has 1 atom stereocenters. The van der Waals surface area contributed by atoms with Crippen molar-refractivity contribution in [3.8, 4) is 11.3 Å². The first-order chi connectivity index (χ1) is 12.6. The van der Waals surface area contributed by atoms with Gasteiger partial charge in [-0.1, -0.05) is 18.2 Å². The molecule has 1 aliphatic rings. The average Bonchev–Trinajstić information content (AvgIpc) is 2.86. The lowest BCUT2D eigenvalue weighted by atomic mass is 9.85. The fourth-order valence-corrected chi connectivity index (χ4v) is 3.51. The lowest BCUT2D eigenvalue weighted by Crippen LogP contribution is -2.12. The van der Waals surface area contributed by atoms with Gasteiger partial charge in [0, 0.05) is 18.0 Å². The van der Waals surface area contributed by atoms with Crippen LogP contribution in [0.3, 0.4) is 0 Å². The molecule has 3 nitrogen and oxygen atoms in total. The average molecular weight is 351 g/mol. The molecule has 0 bridgehead atoms. The summed E-state index contributed by atoms with van der Waals surface area (Å²) in [5.74, 6) is -1.57. The maximum atomic E-state index is 13.7. The highest BCUT2D eigenvalue weighted by Gasteiger charge is 2.22. The van der Waals surface area contributed by atoms with E-state index in [1.807, 2.05) is 25.1 Å². The molecule has 3 aromatic rings. The Kier molecular flexibility index (Phi) is 4.47. The number of hydrogen-bond acceptors (Lipinski definition) is 3. The van der Waals surface area contributed by atoms with Crippen molar-refractivity contribution in [1.82, 2.24) is 15.5 Å². The van der Waals surface area contributed by atoms with Gasteiger partial charge in [0.2, 0.25) is 0 Å². The van der Waals surface area contributed by atoms with E-state index in [2.05, 4.69) is 27.6 Å². The molecule has 2 heterocycles. The highest BCUT2D eigenvalue weighted by atomic mass is 19.2. The van der Waals surface area contributed by atoms with Gasteiger partial charge in [0.05, 0.1) is 11.4 Å². The molecule has 0 saturated heterocycles. The van der Waals surface area contributed by atoms with Crippen LogP contribution < -0.4 is 5.32 Å². The van der Waals surface area contributed by atoms with Crippen LogP contribution in [0.15, 0.2) is 48.5 Å². The summed E-state index contributed by atoms with van der Waals surface area (Å²) in [5, 5.41) is 11.8. The van der Waals surface area contributed by atoms with Gasteiger partial charge < -0.3 is 5.32 Å². The monoisotopic (exact) mass is 351 g/mol. The third-order valence-corrected chi connectivity index (χ3v) is 4.88. The highest BCUT2D eigenvalue weighted by Crippen LogP contribution is 2.34. The zero-order chi connectivity index (χ0) is 18.1. The number of aromatic nitrogens is 2. The van der Waals surface area contributed by atoms with Gasteiger partial charge in [0.25, 0.3) is 0 Å². The Morgan fingerprint density at radius 3 is 2.62 bits per heavy atom. The van der Waals surface area contributed by atoms with Gasteiger partial charge in [-0.3, -0.25) is 0 Å². The Morgan fingerprint density at radius 1 is 0.962 bits per heavy atom. The molecule has 0 amide bonds. The first-order valence-electron chi connectivity index (χ1n) is 8.71. The van der Waals surface area contributed by atoms with E-state index in [9.17, 15) is 8.78 Å². The summed E-state index contributed by atoms with van der Waals surface area (Å²) in [4.78, 5) is 0. The van der Waals surface area contributed by atoms with Crippen molar-refractivity contribution in [3.63, 3.8) is 0 Å². The highest BCUT2D eigenvalue weighted by molar-refractivity contribution is 5.61. The number of fused-ring (bicyclic) bond motifs is 1. The normalized spacial score (nSPS) is 16.8. The number of halogens is 2. The molecule has 1 N–H and O–H groups in total. The molecule has 5 heteroatoms. The summed E-state index contributed by atoms with van der Waals surface area (Å²) in [7, 11) is 0. The number of hydrogen-bond donors (Lipinski definition) is 1. The largest absolute Gasteiger partial charge is 0.313 e. The maximum Gasteiger partial charge on any atom is 0.159 e. The number of nitrogens with zero attached hydrogens (tertiary/aromatic N) is 2. The third kappa shape index (κ3) is 3.22. The van der Waals surface area contributed by atoms with Crippen molar-refractivity contribution in [2.45, 2.75) is 25.8 Å².